The molecular formula is C14H21N3O2. The highest BCUT2D eigenvalue weighted by Gasteiger charge is 2.14. The first-order valence-corrected chi connectivity index (χ1v) is 6.42. The maximum absolute atomic E-state index is 11.4. The number of nitrogens with one attached hydrogen (secondary N) is 1. The molecule has 2 aromatic rings. The van der Waals surface area contributed by atoms with Crippen molar-refractivity contribution in [3.05, 3.63) is 34.3 Å². The smallest absolute Gasteiger partial charge is 0.408 e. The van der Waals surface area contributed by atoms with Gasteiger partial charge in [-0.25, -0.2) is 4.79 Å². The lowest BCUT2D eigenvalue weighted by atomic mass is 9.94. The highest BCUT2D eigenvalue weighted by atomic mass is 16.4. The predicted octanol–water partition coefficient (Wildman–Crippen LogP) is 1.21. The Balaban J connectivity index is 2.08. The maximum atomic E-state index is 11.4. The van der Waals surface area contributed by atoms with Gasteiger partial charge in [0, 0.05) is 20.1 Å². The number of fused-ring (bicyclic) bond motifs is 1. The molecule has 0 spiro atoms. The SMILES string of the molecule is Cn1c(=O)oc2cc(CNCC(C)(C)CN)ccc21. The van der Waals surface area contributed by atoms with Crippen LogP contribution in [-0.2, 0) is 13.6 Å². The Kier molecular flexibility index (Phi) is 3.78. The lowest BCUT2D eigenvalue weighted by molar-refractivity contribution is 0.351. The Labute approximate surface area is 112 Å². The van der Waals surface area contributed by atoms with Crippen LogP contribution in [-0.4, -0.2) is 17.7 Å². The number of hydrogen-bond acceptors (Lipinski definition) is 4. The van der Waals surface area contributed by atoms with E-state index in [9.17, 15) is 4.79 Å². The molecule has 0 amide bonds. The zero-order valence-corrected chi connectivity index (χ0v) is 11.7. The molecule has 0 bridgehead atoms. The predicted molar refractivity (Wildman–Crippen MR) is 76.0 cm³/mol. The van der Waals surface area contributed by atoms with Crippen molar-refractivity contribution >= 4 is 11.1 Å². The molecule has 0 atom stereocenters. The van der Waals surface area contributed by atoms with Crippen LogP contribution in [0.3, 0.4) is 0 Å². The van der Waals surface area contributed by atoms with Gasteiger partial charge in [0.2, 0.25) is 0 Å². The summed E-state index contributed by atoms with van der Waals surface area (Å²) in [6, 6.07) is 5.81. The molecular weight excluding hydrogens is 242 g/mol. The van der Waals surface area contributed by atoms with Crippen LogP contribution in [0.2, 0.25) is 0 Å². The molecule has 1 aromatic carbocycles. The van der Waals surface area contributed by atoms with E-state index in [0.717, 1.165) is 24.2 Å². The number of rotatable bonds is 5. The largest absolute Gasteiger partial charge is 0.419 e. The minimum absolute atomic E-state index is 0.0867. The second-order valence-electron chi connectivity index (χ2n) is 5.70. The molecule has 3 N–H and O–H groups in total. The van der Waals surface area contributed by atoms with Gasteiger partial charge in [-0.2, -0.15) is 0 Å². The summed E-state index contributed by atoms with van der Waals surface area (Å²) in [5.74, 6) is -0.329. The van der Waals surface area contributed by atoms with E-state index in [1.54, 1.807) is 7.05 Å². The second-order valence-corrected chi connectivity index (χ2v) is 5.70. The Morgan fingerprint density at radius 1 is 1.42 bits per heavy atom. The molecule has 0 saturated carbocycles. The molecule has 0 radical (unpaired) electrons. The van der Waals surface area contributed by atoms with Crippen molar-refractivity contribution in [1.29, 1.82) is 0 Å². The van der Waals surface area contributed by atoms with Gasteiger partial charge < -0.3 is 15.5 Å². The van der Waals surface area contributed by atoms with E-state index in [2.05, 4.69) is 19.2 Å². The molecule has 0 unspecified atom stereocenters. The van der Waals surface area contributed by atoms with Gasteiger partial charge in [0.15, 0.2) is 5.58 Å². The van der Waals surface area contributed by atoms with Crippen molar-refractivity contribution in [3.8, 4) is 0 Å². The first-order valence-electron chi connectivity index (χ1n) is 6.42. The van der Waals surface area contributed by atoms with E-state index in [1.165, 1.54) is 4.57 Å². The zero-order valence-electron chi connectivity index (χ0n) is 11.7. The number of nitrogens with zero attached hydrogens (tertiary/aromatic N) is 1. The number of benzene rings is 1. The van der Waals surface area contributed by atoms with Crippen LogP contribution in [0.1, 0.15) is 19.4 Å². The Bertz CT molecular complexity index is 625. The van der Waals surface area contributed by atoms with Crippen LogP contribution in [0.15, 0.2) is 27.4 Å². The van der Waals surface area contributed by atoms with E-state index in [0.29, 0.717) is 12.1 Å². The van der Waals surface area contributed by atoms with Crippen molar-refractivity contribution in [2.24, 2.45) is 18.2 Å². The molecule has 2 rings (SSSR count). The van der Waals surface area contributed by atoms with Gasteiger partial charge in [0.05, 0.1) is 5.52 Å². The van der Waals surface area contributed by atoms with E-state index >= 15 is 0 Å². The lowest BCUT2D eigenvalue weighted by Gasteiger charge is -2.22. The molecule has 5 nitrogen and oxygen atoms in total. The molecule has 1 aromatic heterocycles. The Morgan fingerprint density at radius 2 is 2.16 bits per heavy atom. The highest BCUT2D eigenvalue weighted by molar-refractivity contribution is 5.73. The van der Waals surface area contributed by atoms with E-state index in [1.807, 2.05) is 18.2 Å². The summed E-state index contributed by atoms with van der Waals surface area (Å²) >= 11 is 0. The van der Waals surface area contributed by atoms with Crippen LogP contribution in [0.4, 0.5) is 0 Å². The van der Waals surface area contributed by atoms with Crippen molar-refractivity contribution < 1.29 is 4.42 Å². The minimum atomic E-state index is -0.329. The van der Waals surface area contributed by atoms with E-state index in [-0.39, 0.29) is 11.2 Å². The fourth-order valence-corrected chi connectivity index (χ4v) is 1.91. The number of aromatic nitrogens is 1. The van der Waals surface area contributed by atoms with Gasteiger partial charge in [-0.15, -0.1) is 0 Å². The molecule has 104 valence electrons. The van der Waals surface area contributed by atoms with E-state index < -0.39 is 0 Å². The second kappa shape index (κ2) is 5.19. The van der Waals surface area contributed by atoms with Crippen molar-refractivity contribution in [3.63, 3.8) is 0 Å². The van der Waals surface area contributed by atoms with Crippen molar-refractivity contribution in [1.82, 2.24) is 9.88 Å². The van der Waals surface area contributed by atoms with Crippen molar-refractivity contribution in [2.75, 3.05) is 13.1 Å². The Hall–Kier alpha value is -1.59. The van der Waals surface area contributed by atoms with Gasteiger partial charge in [-0.3, -0.25) is 4.57 Å². The van der Waals surface area contributed by atoms with E-state index in [4.69, 9.17) is 10.2 Å². The molecule has 0 fully saturated rings. The quantitative estimate of drug-likeness (QED) is 0.850. The zero-order chi connectivity index (χ0) is 14.0. The lowest BCUT2D eigenvalue weighted by Crippen LogP contribution is -2.35. The summed E-state index contributed by atoms with van der Waals surface area (Å²) in [4.78, 5) is 11.4. The van der Waals surface area contributed by atoms with Crippen LogP contribution in [0, 0.1) is 5.41 Å². The molecule has 5 heteroatoms. The summed E-state index contributed by atoms with van der Waals surface area (Å²) in [7, 11) is 1.70. The first kappa shape index (κ1) is 13.8. The van der Waals surface area contributed by atoms with Crippen LogP contribution < -0.4 is 16.8 Å². The third-order valence-electron chi connectivity index (χ3n) is 3.34. The van der Waals surface area contributed by atoms with Crippen LogP contribution in [0.25, 0.3) is 11.1 Å². The third kappa shape index (κ3) is 3.05. The standard InChI is InChI=1S/C14H21N3O2/c1-14(2,8-15)9-16-7-10-4-5-11-12(6-10)19-13(18)17(11)3/h4-6,16H,7-9,15H2,1-3H3. The van der Waals surface area contributed by atoms with Gasteiger partial charge in [-0.1, -0.05) is 19.9 Å². The highest BCUT2D eigenvalue weighted by Crippen LogP contribution is 2.15. The number of oxazole rings is 1. The summed E-state index contributed by atoms with van der Waals surface area (Å²) in [6.45, 7) is 6.48. The molecule has 0 aliphatic heterocycles. The monoisotopic (exact) mass is 263 g/mol. The molecule has 19 heavy (non-hydrogen) atoms. The van der Waals surface area contributed by atoms with Gasteiger partial charge in [0.25, 0.3) is 0 Å². The fraction of sp³-hybridized carbons (Fsp3) is 0.500. The summed E-state index contributed by atoms with van der Waals surface area (Å²) < 4.78 is 6.67. The van der Waals surface area contributed by atoms with Crippen molar-refractivity contribution in [2.45, 2.75) is 20.4 Å². The normalized spacial score (nSPS) is 12.2. The molecule has 1 heterocycles. The topological polar surface area (TPSA) is 73.2 Å². The number of hydrogen-bond donors (Lipinski definition) is 2. The number of aryl methyl sites for hydroxylation is 1. The minimum Gasteiger partial charge on any atom is -0.408 e. The third-order valence-corrected chi connectivity index (χ3v) is 3.34. The summed E-state index contributed by atoms with van der Waals surface area (Å²) in [5, 5.41) is 3.37. The first-order chi connectivity index (χ1) is 8.93. The average molecular weight is 263 g/mol. The van der Waals surface area contributed by atoms with Gasteiger partial charge >= 0.3 is 5.76 Å². The maximum Gasteiger partial charge on any atom is 0.419 e. The van der Waals surface area contributed by atoms with Crippen LogP contribution in [0.5, 0.6) is 0 Å². The van der Waals surface area contributed by atoms with Gasteiger partial charge in [-0.05, 0) is 29.7 Å². The van der Waals surface area contributed by atoms with Crippen LogP contribution >= 0.6 is 0 Å². The summed E-state index contributed by atoms with van der Waals surface area (Å²) in [6.07, 6.45) is 0. The fourth-order valence-electron chi connectivity index (χ4n) is 1.91. The van der Waals surface area contributed by atoms with Gasteiger partial charge in [0.1, 0.15) is 0 Å². The molecule has 0 saturated heterocycles. The molecule has 0 aliphatic carbocycles. The Morgan fingerprint density at radius 3 is 2.84 bits per heavy atom. The number of nitrogens with two attached hydrogens (primary N) is 1. The molecule has 0 aliphatic rings. The average Bonchev–Trinajstić information content (AvgIpc) is 2.65. The summed E-state index contributed by atoms with van der Waals surface area (Å²) in [5.41, 5.74) is 8.31.